The molecule has 0 fully saturated rings. The molecule has 0 radical (unpaired) electrons. The van der Waals surface area contributed by atoms with Crippen molar-refractivity contribution in [3.05, 3.63) is 41.7 Å². The molecule has 0 unspecified atom stereocenters. The van der Waals surface area contributed by atoms with E-state index in [9.17, 15) is 0 Å². The highest BCUT2D eigenvalue weighted by atomic mass is 14.7. The predicted octanol–water partition coefficient (Wildman–Crippen LogP) is 2.53. The summed E-state index contributed by atoms with van der Waals surface area (Å²) >= 11 is 0. The van der Waals surface area contributed by atoms with Crippen LogP contribution in [-0.4, -0.2) is 4.98 Å². The van der Waals surface area contributed by atoms with Crippen molar-refractivity contribution in [1.29, 1.82) is 0 Å². The molecule has 0 aliphatic heterocycles. The molecular formula is C10H11N. The van der Waals surface area contributed by atoms with E-state index in [0.29, 0.717) is 0 Å². The fourth-order valence-electron chi connectivity index (χ4n) is 1.58. The van der Waals surface area contributed by atoms with Crippen LogP contribution in [0.1, 0.15) is 18.2 Å². The molecule has 1 aromatic rings. The van der Waals surface area contributed by atoms with Crippen molar-refractivity contribution >= 4 is 5.57 Å². The van der Waals surface area contributed by atoms with Gasteiger partial charge in [0.2, 0.25) is 0 Å². The third kappa shape index (κ3) is 0.929. The Labute approximate surface area is 66.4 Å². The number of allylic oxidation sites excluding steroid dienone is 3. The summed E-state index contributed by atoms with van der Waals surface area (Å²) in [6.07, 6.45) is 5.11. The molecule has 1 N–H and O–H groups in total. The normalized spacial score (nSPS) is 16.1. The first-order valence-corrected chi connectivity index (χ1v) is 3.80. The van der Waals surface area contributed by atoms with E-state index < -0.39 is 0 Å². The molecule has 56 valence electrons. The van der Waals surface area contributed by atoms with Crippen molar-refractivity contribution in [2.75, 3.05) is 0 Å². The van der Waals surface area contributed by atoms with Gasteiger partial charge in [-0.15, -0.1) is 0 Å². The van der Waals surface area contributed by atoms with Crippen molar-refractivity contribution in [3.63, 3.8) is 0 Å². The van der Waals surface area contributed by atoms with Gasteiger partial charge in [-0.05, 0) is 29.7 Å². The number of aromatic amines is 1. The topological polar surface area (TPSA) is 15.8 Å². The van der Waals surface area contributed by atoms with E-state index in [2.05, 4.69) is 30.6 Å². The lowest BCUT2D eigenvalue weighted by Gasteiger charge is -2.11. The van der Waals surface area contributed by atoms with Crippen molar-refractivity contribution in [1.82, 2.24) is 4.98 Å². The van der Waals surface area contributed by atoms with Crippen LogP contribution in [-0.2, 0) is 6.42 Å². The number of H-pyrrole nitrogens is 1. The summed E-state index contributed by atoms with van der Waals surface area (Å²) in [5.74, 6) is 0. The lowest BCUT2D eigenvalue weighted by atomic mass is 9.95. The minimum Gasteiger partial charge on any atom is -0.364 e. The zero-order valence-corrected chi connectivity index (χ0v) is 6.65. The van der Waals surface area contributed by atoms with Gasteiger partial charge < -0.3 is 4.98 Å². The van der Waals surface area contributed by atoms with E-state index >= 15 is 0 Å². The third-order valence-electron chi connectivity index (χ3n) is 2.08. The van der Waals surface area contributed by atoms with Gasteiger partial charge in [-0.3, -0.25) is 0 Å². The van der Waals surface area contributed by atoms with Crippen LogP contribution in [0.15, 0.2) is 30.5 Å². The highest BCUT2D eigenvalue weighted by Crippen LogP contribution is 2.26. The molecule has 1 aromatic heterocycles. The van der Waals surface area contributed by atoms with Crippen LogP contribution in [0.4, 0.5) is 0 Å². The molecule has 1 heteroatoms. The predicted molar refractivity (Wildman–Crippen MR) is 47.3 cm³/mol. The summed E-state index contributed by atoms with van der Waals surface area (Å²) < 4.78 is 0. The van der Waals surface area contributed by atoms with Gasteiger partial charge in [0, 0.05) is 18.3 Å². The average molecular weight is 145 g/mol. The van der Waals surface area contributed by atoms with Crippen LogP contribution in [0.5, 0.6) is 0 Å². The zero-order valence-electron chi connectivity index (χ0n) is 6.65. The van der Waals surface area contributed by atoms with Crippen molar-refractivity contribution in [3.8, 4) is 0 Å². The van der Waals surface area contributed by atoms with Gasteiger partial charge in [-0.1, -0.05) is 12.7 Å². The Bertz CT molecular complexity index is 328. The molecule has 0 saturated carbocycles. The van der Waals surface area contributed by atoms with Gasteiger partial charge in [0.05, 0.1) is 0 Å². The first-order chi connectivity index (χ1) is 5.27. The Morgan fingerprint density at radius 2 is 2.36 bits per heavy atom. The third-order valence-corrected chi connectivity index (χ3v) is 2.08. The summed E-state index contributed by atoms with van der Waals surface area (Å²) in [5.41, 5.74) is 5.15. The molecule has 1 aliphatic carbocycles. The van der Waals surface area contributed by atoms with E-state index in [4.69, 9.17) is 0 Å². The van der Waals surface area contributed by atoms with Gasteiger partial charge in [-0.2, -0.15) is 0 Å². The summed E-state index contributed by atoms with van der Waals surface area (Å²) in [4.78, 5) is 3.22. The summed E-state index contributed by atoms with van der Waals surface area (Å²) in [6, 6.07) is 2.12. The van der Waals surface area contributed by atoms with Crippen molar-refractivity contribution in [2.45, 2.75) is 13.3 Å². The second-order valence-electron chi connectivity index (χ2n) is 3.03. The lowest BCUT2D eigenvalue weighted by molar-refractivity contribution is 1.09. The number of aromatic nitrogens is 1. The van der Waals surface area contributed by atoms with Gasteiger partial charge >= 0.3 is 0 Å². The molecule has 1 heterocycles. The van der Waals surface area contributed by atoms with Crippen LogP contribution >= 0.6 is 0 Å². The van der Waals surface area contributed by atoms with Crippen molar-refractivity contribution in [2.24, 2.45) is 0 Å². The molecule has 0 aromatic carbocycles. The molecule has 0 amide bonds. The lowest BCUT2D eigenvalue weighted by Crippen LogP contribution is -1.97. The SMILES string of the molecule is C=C1C=C(C)c2cc[nH]c2C1. The standard InChI is InChI=1S/C10H11N/c1-7-5-8(2)9-3-4-11-10(9)6-7/h3-5,11H,1,6H2,2H3. The molecular weight excluding hydrogens is 134 g/mol. The van der Waals surface area contributed by atoms with E-state index in [1.54, 1.807) is 0 Å². The molecule has 0 saturated heterocycles. The number of rotatable bonds is 0. The van der Waals surface area contributed by atoms with Crippen LogP contribution in [0.3, 0.4) is 0 Å². The first-order valence-electron chi connectivity index (χ1n) is 3.80. The Kier molecular flexibility index (Phi) is 1.25. The minimum atomic E-state index is 0.972. The molecule has 2 rings (SSSR count). The highest BCUT2D eigenvalue weighted by Gasteiger charge is 2.10. The maximum atomic E-state index is 3.95. The number of hydrogen-bond donors (Lipinski definition) is 1. The maximum absolute atomic E-state index is 3.95. The monoisotopic (exact) mass is 145 g/mol. The largest absolute Gasteiger partial charge is 0.364 e. The summed E-state index contributed by atoms with van der Waals surface area (Å²) in [6.45, 7) is 6.07. The Morgan fingerprint density at radius 3 is 3.18 bits per heavy atom. The van der Waals surface area contributed by atoms with Crippen LogP contribution in [0.25, 0.3) is 5.57 Å². The molecule has 0 spiro atoms. The van der Waals surface area contributed by atoms with E-state index in [1.165, 1.54) is 22.4 Å². The van der Waals surface area contributed by atoms with E-state index in [-0.39, 0.29) is 0 Å². The second kappa shape index (κ2) is 2.12. The molecule has 0 atom stereocenters. The van der Waals surface area contributed by atoms with Gasteiger partial charge in [-0.25, -0.2) is 0 Å². The number of hydrogen-bond acceptors (Lipinski definition) is 0. The van der Waals surface area contributed by atoms with Gasteiger partial charge in [0.15, 0.2) is 0 Å². The zero-order chi connectivity index (χ0) is 7.84. The minimum absolute atomic E-state index is 0.972. The smallest absolute Gasteiger partial charge is 0.0267 e. The molecule has 11 heavy (non-hydrogen) atoms. The van der Waals surface area contributed by atoms with Crippen LogP contribution < -0.4 is 0 Å². The maximum Gasteiger partial charge on any atom is 0.0267 e. The van der Waals surface area contributed by atoms with Gasteiger partial charge in [0.25, 0.3) is 0 Å². The van der Waals surface area contributed by atoms with Crippen LogP contribution in [0, 0.1) is 0 Å². The molecule has 0 bridgehead atoms. The highest BCUT2D eigenvalue weighted by molar-refractivity contribution is 5.71. The van der Waals surface area contributed by atoms with E-state index in [1.807, 2.05) is 6.20 Å². The summed E-state index contributed by atoms with van der Waals surface area (Å²) in [7, 11) is 0. The fourth-order valence-corrected chi connectivity index (χ4v) is 1.58. The number of nitrogens with one attached hydrogen (secondary N) is 1. The quantitative estimate of drug-likeness (QED) is 0.577. The second-order valence-corrected chi connectivity index (χ2v) is 3.03. The summed E-state index contributed by atoms with van der Waals surface area (Å²) in [5, 5.41) is 0. The Balaban J connectivity index is 2.58. The van der Waals surface area contributed by atoms with Gasteiger partial charge in [0.1, 0.15) is 0 Å². The molecule has 1 nitrogen and oxygen atoms in total. The Morgan fingerprint density at radius 1 is 1.55 bits per heavy atom. The average Bonchev–Trinajstić information content (AvgIpc) is 2.34. The fraction of sp³-hybridized carbons (Fsp3) is 0.200. The van der Waals surface area contributed by atoms with Crippen molar-refractivity contribution < 1.29 is 0 Å². The first kappa shape index (κ1) is 6.47. The van der Waals surface area contributed by atoms with E-state index in [0.717, 1.165) is 6.42 Å². The van der Waals surface area contributed by atoms with Crippen LogP contribution in [0.2, 0.25) is 0 Å². The number of fused-ring (bicyclic) bond motifs is 1. The molecule has 1 aliphatic rings. The Hall–Kier alpha value is -1.24.